The van der Waals surface area contributed by atoms with E-state index in [0.29, 0.717) is 5.95 Å². The molecule has 0 spiro atoms. The summed E-state index contributed by atoms with van der Waals surface area (Å²) >= 11 is 5.96. The lowest BCUT2D eigenvalue weighted by atomic mass is 10.2. The minimum Gasteiger partial charge on any atom is -0.354 e. The molecule has 2 rings (SSSR count). The van der Waals surface area contributed by atoms with Crippen molar-refractivity contribution < 1.29 is 0 Å². The van der Waals surface area contributed by atoms with E-state index in [1.54, 1.807) is 0 Å². The minimum absolute atomic E-state index is 0.654. The fraction of sp³-hybridized carbons (Fsp3) is 0.333. The predicted octanol–water partition coefficient (Wildman–Crippen LogP) is 4.31. The van der Waals surface area contributed by atoms with Crippen LogP contribution in [0.5, 0.6) is 0 Å². The van der Waals surface area contributed by atoms with Crippen LogP contribution in [0.3, 0.4) is 0 Å². The third-order valence-electron chi connectivity index (χ3n) is 2.84. The summed E-state index contributed by atoms with van der Waals surface area (Å²) in [5.41, 5.74) is 3.00. The van der Waals surface area contributed by atoms with Gasteiger partial charge in [-0.3, -0.25) is 0 Å². The molecule has 0 aliphatic heterocycles. The summed E-state index contributed by atoms with van der Waals surface area (Å²) in [6.07, 6.45) is 1.04. The highest BCUT2D eigenvalue weighted by atomic mass is 35.5. The lowest BCUT2D eigenvalue weighted by Gasteiger charge is -2.11. The Balaban J connectivity index is 2.21. The summed E-state index contributed by atoms with van der Waals surface area (Å²) < 4.78 is 0. The summed E-state index contributed by atoms with van der Waals surface area (Å²) in [5, 5.41) is 7.24. The molecule has 0 radical (unpaired) electrons. The maximum absolute atomic E-state index is 5.96. The third kappa shape index (κ3) is 3.84. The highest BCUT2D eigenvalue weighted by molar-refractivity contribution is 6.30. The first-order valence-corrected chi connectivity index (χ1v) is 7.09. The molecule has 1 heterocycles. The zero-order chi connectivity index (χ0) is 14.5. The number of halogens is 1. The smallest absolute Gasteiger partial charge is 0.224 e. The van der Waals surface area contributed by atoms with Crippen LogP contribution in [0.25, 0.3) is 0 Å². The Morgan fingerprint density at radius 3 is 2.65 bits per heavy atom. The fourth-order valence-corrected chi connectivity index (χ4v) is 2.08. The Morgan fingerprint density at radius 1 is 1.15 bits per heavy atom. The van der Waals surface area contributed by atoms with Crippen molar-refractivity contribution in [2.75, 3.05) is 17.2 Å². The van der Waals surface area contributed by atoms with Crippen LogP contribution in [0.2, 0.25) is 5.02 Å². The van der Waals surface area contributed by atoms with Crippen molar-refractivity contribution in [3.63, 3.8) is 0 Å². The van der Waals surface area contributed by atoms with Gasteiger partial charge >= 0.3 is 0 Å². The van der Waals surface area contributed by atoms with Gasteiger partial charge in [0.05, 0.1) is 0 Å². The van der Waals surface area contributed by atoms with Gasteiger partial charge in [-0.05, 0) is 44.0 Å². The summed E-state index contributed by atoms with van der Waals surface area (Å²) in [5.74, 6) is 1.43. The Labute approximate surface area is 124 Å². The van der Waals surface area contributed by atoms with E-state index < -0.39 is 0 Å². The molecule has 2 N–H and O–H groups in total. The number of aromatic nitrogens is 2. The standard InChI is InChI=1S/C15H19ClN4/c1-4-7-17-15-18-11(3)9-14(20-15)19-13-6-5-12(16)8-10(13)2/h5-6,8-9H,4,7H2,1-3H3,(H2,17,18,19,20). The van der Waals surface area contributed by atoms with Crippen molar-refractivity contribution in [1.29, 1.82) is 0 Å². The van der Waals surface area contributed by atoms with Gasteiger partial charge in [0.1, 0.15) is 5.82 Å². The topological polar surface area (TPSA) is 49.8 Å². The fourth-order valence-electron chi connectivity index (χ4n) is 1.85. The molecular formula is C15H19ClN4. The first kappa shape index (κ1) is 14.6. The van der Waals surface area contributed by atoms with Crippen molar-refractivity contribution in [1.82, 2.24) is 9.97 Å². The molecule has 0 aliphatic carbocycles. The second kappa shape index (κ2) is 6.57. The third-order valence-corrected chi connectivity index (χ3v) is 3.07. The van der Waals surface area contributed by atoms with E-state index in [9.17, 15) is 0 Å². The van der Waals surface area contributed by atoms with Crippen LogP contribution in [-0.2, 0) is 0 Å². The Hall–Kier alpha value is -1.81. The number of anilines is 3. The van der Waals surface area contributed by atoms with Crippen molar-refractivity contribution in [2.45, 2.75) is 27.2 Å². The highest BCUT2D eigenvalue weighted by Crippen LogP contribution is 2.23. The molecule has 0 saturated carbocycles. The van der Waals surface area contributed by atoms with E-state index >= 15 is 0 Å². The Bertz CT molecular complexity index is 598. The molecule has 2 aromatic rings. The van der Waals surface area contributed by atoms with Gasteiger partial charge in [-0.1, -0.05) is 18.5 Å². The molecule has 0 bridgehead atoms. The van der Waals surface area contributed by atoms with Crippen LogP contribution in [-0.4, -0.2) is 16.5 Å². The van der Waals surface area contributed by atoms with Crippen LogP contribution >= 0.6 is 11.6 Å². The van der Waals surface area contributed by atoms with Gasteiger partial charge in [-0.15, -0.1) is 0 Å². The number of rotatable bonds is 5. The SMILES string of the molecule is CCCNc1nc(C)cc(Nc2ccc(Cl)cc2C)n1. The van der Waals surface area contributed by atoms with Gasteiger partial charge in [-0.2, -0.15) is 4.98 Å². The molecule has 5 heteroatoms. The number of hydrogen-bond donors (Lipinski definition) is 2. The van der Waals surface area contributed by atoms with Gasteiger partial charge in [-0.25, -0.2) is 4.98 Å². The molecule has 0 atom stereocenters. The predicted molar refractivity (Wildman–Crippen MR) is 85.0 cm³/mol. The second-order valence-electron chi connectivity index (χ2n) is 4.73. The second-order valence-corrected chi connectivity index (χ2v) is 5.17. The van der Waals surface area contributed by atoms with Crippen LogP contribution in [0.1, 0.15) is 24.6 Å². The van der Waals surface area contributed by atoms with Crippen molar-refractivity contribution in [3.8, 4) is 0 Å². The van der Waals surface area contributed by atoms with Gasteiger partial charge in [0.25, 0.3) is 0 Å². The molecule has 0 amide bonds. The molecule has 20 heavy (non-hydrogen) atoms. The number of benzene rings is 1. The van der Waals surface area contributed by atoms with Crippen LogP contribution in [0, 0.1) is 13.8 Å². The number of nitrogens with zero attached hydrogens (tertiary/aromatic N) is 2. The Morgan fingerprint density at radius 2 is 1.95 bits per heavy atom. The molecule has 0 saturated heterocycles. The van der Waals surface area contributed by atoms with E-state index in [-0.39, 0.29) is 0 Å². The average molecular weight is 291 g/mol. The molecule has 0 unspecified atom stereocenters. The quantitative estimate of drug-likeness (QED) is 0.861. The maximum Gasteiger partial charge on any atom is 0.224 e. The van der Waals surface area contributed by atoms with Crippen molar-refractivity contribution in [3.05, 3.63) is 40.5 Å². The van der Waals surface area contributed by atoms with E-state index in [0.717, 1.165) is 40.8 Å². The van der Waals surface area contributed by atoms with Crippen molar-refractivity contribution >= 4 is 29.1 Å². The van der Waals surface area contributed by atoms with Crippen LogP contribution in [0.4, 0.5) is 17.5 Å². The normalized spacial score (nSPS) is 10.4. The summed E-state index contributed by atoms with van der Waals surface area (Å²) in [6, 6.07) is 7.66. The molecule has 0 aliphatic rings. The zero-order valence-electron chi connectivity index (χ0n) is 12.0. The minimum atomic E-state index is 0.654. The average Bonchev–Trinajstić information content (AvgIpc) is 2.39. The van der Waals surface area contributed by atoms with Gasteiger partial charge in [0, 0.05) is 29.0 Å². The van der Waals surface area contributed by atoms with Gasteiger partial charge in [0.2, 0.25) is 5.95 Å². The Kier molecular flexibility index (Phi) is 4.79. The maximum atomic E-state index is 5.96. The van der Waals surface area contributed by atoms with Crippen LogP contribution < -0.4 is 10.6 Å². The van der Waals surface area contributed by atoms with Crippen molar-refractivity contribution in [2.24, 2.45) is 0 Å². The monoisotopic (exact) mass is 290 g/mol. The van der Waals surface area contributed by atoms with Gasteiger partial charge < -0.3 is 10.6 Å². The molecule has 1 aromatic carbocycles. The summed E-state index contributed by atoms with van der Waals surface area (Å²) in [4.78, 5) is 8.83. The van der Waals surface area contributed by atoms with Crippen LogP contribution in [0.15, 0.2) is 24.3 Å². The molecule has 106 valence electrons. The summed E-state index contributed by atoms with van der Waals surface area (Å²) in [6.45, 7) is 6.94. The molecule has 1 aromatic heterocycles. The lowest BCUT2D eigenvalue weighted by Crippen LogP contribution is -2.07. The number of hydrogen-bond acceptors (Lipinski definition) is 4. The van der Waals surface area contributed by atoms with E-state index in [2.05, 4.69) is 27.5 Å². The van der Waals surface area contributed by atoms with E-state index in [4.69, 9.17) is 11.6 Å². The molecule has 0 fully saturated rings. The molecule has 4 nitrogen and oxygen atoms in total. The number of aryl methyl sites for hydroxylation is 2. The largest absolute Gasteiger partial charge is 0.354 e. The molecular weight excluding hydrogens is 272 g/mol. The zero-order valence-corrected chi connectivity index (χ0v) is 12.8. The first-order chi connectivity index (χ1) is 9.58. The van der Waals surface area contributed by atoms with E-state index in [1.807, 2.05) is 38.1 Å². The summed E-state index contributed by atoms with van der Waals surface area (Å²) in [7, 11) is 0. The first-order valence-electron chi connectivity index (χ1n) is 6.71. The number of nitrogens with one attached hydrogen (secondary N) is 2. The highest BCUT2D eigenvalue weighted by Gasteiger charge is 2.04. The lowest BCUT2D eigenvalue weighted by molar-refractivity contribution is 0.947. The van der Waals surface area contributed by atoms with Gasteiger partial charge in [0.15, 0.2) is 0 Å². The van der Waals surface area contributed by atoms with E-state index in [1.165, 1.54) is 0 Å².